The third kappa shape index (κ3) is 6.20. The van der Waals surface area contributed by atoms with Gasteiger partial charge in [-0.25, -0.2) is 4.98 Å². The van der Waals surface area contributed by atoms with Crippen molar-refractivity contribution < 1.29 is 0 Å². The van der Waals surface area contributed by atoms with E-state index in [9.17, 15) is 0 Å². The minimum atomic E-state index is -0.752. The molecule has 0 radical (unpaired) electrons. The summed E-state index contributed by atoms with van der Waals surface area (Å²) in [7, 11) is 0. The highest BCUT2D eigenvalue weighted by Gasteiger charge is 2.54. The minimum absolute atomic E-state index is 0.429. The highest BCUT2D eigenvalue weighted by atomic mass is 14.7. The fourth-order valence-electron chi connectivity index (χ4n) is 17.2. The molecule has 402 valence electrons. The molecule has 1 nitrogen and oxygen atoms in total. The smallest absolute Gasteiger partial charge is 0.0791 e. The number of fused-ring (bicyclic) bond motifs is 23. The van der Waals surface area contributed by atoms with Crippen LogP contribution in [0.3, 0.4) is 0 Å². The van der Waals surface area contributed by atoms with E-state index in [-0.39, 0.29) is 0 Å². The monoisotopic (exact) mass is 1100 g/mol. The Morgan fingerprint density at radius 1 is 0.184 bits per heavy atom. The Labute approximate surface area is 506 Å². The van der Waals surface area contributed by atoms with Crippen LogP contribution in [0, 0.1) is 0 Å². The van der Waals surface area contributed by atoms with E-state index in [1.807, 2.05) is 0 Å². The molecule has 0 unspecified atom stereocenters. The van der Waals surface area contributed by atoms with Gasteiger partial charge in [0.15, 0.2) is 0 Å². The number of benzene rings is 13. The number of aromatic nitrogens is 1. The lowest BCUT2D eigenvalue weighted by atomic mass is 9.67. The maximum atomic E-state index is 5.66. The highest BCUT2D eigenvalue weighted by Crippen LogP contribution is 2.67. The van der Waals surface area contributed by atoms with Gasteiger partial charge in [-0.05, 0) is 145 Å². The molecule has 0 atom stereocenters. The normalized spacial score (nSPS) is 14.5. The molecule has 1 aromatic heterocycles. The van der Waals surface area contributed by atoms with Gasteiger partial charge in [0.05, 0.1) is 27.6 Å². The van der Waals surface area contributed by atoms with Crippen LogP contribution in [0.15, 0.2) is 322 Å². The second kappa shape index (κ2) is 18.0. The van der Waals surface area contributed by atoms with Gasteiger partial charge < -0.3 is 0 Å². The van der Waals surface area contributed by atoms with Crippen molar-refractivity contribution in [2.75, 3.05) is 0 Å². The van der Waals surface area contributed by atoms with Crippen LogP contribution in [0.5, 0.6) is 0 Å². The molecule has 2 spiro atoms. The van der Waals surface area contributed by atoms with Crippen LogP contribution >= 0.6 is 0 Å². The lowest BCUT2D eigenvalue weighted by Gasteiger charge is -2.34. The number of nitrogens with zero attached hydrogens (tertiary/aromatic N) is 1. The van der Waals surface area contributed by atoms with Crippen molar-refractivity contribution in [2.45, 2.75) is 16.2 Å². The van der Waals surface area contributed by atoms with Crippen LogP contribution in [0.1, 0.15) is 66.8 Å². The molecule has 87 heavy (non-hydrogen) atoms. The molecule has 1 heteroatoms. The molecule has 0 amide bonds. The predicted octanol–water partition coefficient (Wildman–Crippen LogP) is 20.8. The number of rotatable bonds is 6. The molecule has 0 fully saturated rings. The SMILES string of the molecule is c1ccc(-c2cc3c(c(-c4ccccc4)n2)-c2ccccc2C3(c2ccc(-c3cccc4c3-c3ccccc3C43c4ccccc4-c4ccccc43)cc2)c2ccc(-c3cccc4c3-c3ccccc3C43c4ccccc4-c4ccccc43)cc2)cc1. The Bertz CT molecular complexity index is 4870. The van der Waals surface area contributed by atoms with E-state index in [1.54, 1.807) is 0 Å². The summed E-state index contributed by atoms with van der Waals surface area (Å²) in [6, 6.07) is 121. The summed E-state index contributed by atoms with van der Waals surface area (Å²) in [4.78, 5) is 5.66. The van der Waals surface area contributed by atoms with Crippen LogP contribution in [0.25, 0.3) is 100 Å². The zero-order chi connectivity index (χ0) is 57.0. The van der Waals surface area contributed by atoms with Gasteiger partial charge in [-0.3, -0.25) is 0 Å². The van der Waals surface area contributed by atoms with E-state index in [2.05, 4.69) is 322 Å². The van der Waals surface area contributed by atoms with Gasteiger partial charge >= 0.3 is 0 Å². The average Bonchev–Trinajstić information content (AvgIpc) is 1.60. The highest BCUT2D eigenvalue weighted by molar-refractivity contribution is 6.03. The van der Waals surface area contributed by atoms with Crippen LogP contribution in [0.4, 0.5) is 0 Å². The Balaban J connectivity index is 0.834. The van der Waals surface area contributed by atoms with Gasteiger partial charge in [-0.15, -0.1) is 0 Å². The summed E-state index contributed by atoms with van der Waals surface area (Å²) in [5.41, 5.74) is 35.8. The first kappa shape index (κ1) is 48.4. The average molecular weight is 1100 g/mol. The fourth-order valence-corrected chi connectivity index (χ4v) is 17.2. The van der Waals surface area contributed by atoms with Gasteiger partial charge in [-0.1, -0.05) is 315 Å². The van der Waals surface area contributed by atoms with Crippen LogP contribution < -0.4 is 0 Å². The van der Waals surface area contributed by atoms with Gasteiger partial charge in [0.2, 0.25) is 0 Å². The van der Waals surface area contributed by atoms with Crippen molar-refractivity contribution in [1.82, 2.24) is 4.98 Å². The van der Waals surface area contributed by atoms with E-state index >= 15 is 0 Å². The maximum Gasteiger partial charge on any atom is 0.0791 e. The zero-order valence-corrected chi connectivity index (χ0v) is 47.5. The van der Waals surface area contributed by atoms with Crippen LogP contribution in [-0.4, -0.2) is 4.98 Å². The first-order chi connectivity index (χ1) is 43.2. The molecule has 0 saturated heterocycles. The Morgan fingerprint density at radius 3 is 0.885 bits per heavy atom. The van der Waals surface area contributed by atoms with Crippen molar-refractivity contribution in [3.8, 4) is 100 Å². The van der Waals surface area contributed by atoms with E-state index in [0.717, 1.165) is 22.5 Å². The van der Waals surface area contributed by atoms with E-state index in [0.29, 0.717) is 0 Å². The summed E-state index contributed by atoms with van der Waals surface area (Å²) >= 11 is 0. The first-order valence-electron chi connectivity index (χ1n) is 30.5. The lowest BCUT2D eigenvalue weighted by Crippen LogP contribution is -2.28. The zero-order valence-electron chi connectivity index (χ0n) is 47.5. The molecule has 5 aliphatic carbocycles. The second-order valence-corrected chi connectivity index (χ2v) is 24.2. The molecule has 14 aromatic rings. The van der Waals surface area contributed by atoms with E-state index < -0.39 is 16.2 Å². The summed E-state index contributed by atoms with van der Waals surface area (Å²) < 4.78 is 0. The largest absolute Gasteiger partial charge is 0.247 e. The van der Waals surface area contributed by atoms with E-state index in [4.69, 9.17) is 4.98 Å². The van der Waals surface area contributed by atoms with Crippen molar-refractivity contribution in [3.05, 3.63) is 388 Å². The van der Waals surface area contributed by atoms with Crippen molar-refractivity contribution in [3.63, 3.8) is 0 Å². The van der Waals surface area contributed by atoms with Crippen molar-refractivity contribution in [2.24, 2.45) is 0 Å². The molecule has 0 bridgehead atoms. The summed E-state index contributed by atoms with van der Waals surface area (Å²) in [6.45, 7) is 0. The van der Waals surface area contributed by atoms with Gasteiger partial charge in [0.25, 0.3) is 0 Å². The van der Waals surface area contributed by atoms with Crippen molar-refractivity contribution >= 4 is 0 Å². The summed E-state index contributed by atoms with van der Waals surface area (Å²) in [5, 5.41) is 0. The van der Waals surface area contributed by atoms with E-state index in [1.165, 1.54) is 145 Å². The third-order valence-corrected chi connectivity index (χ3v) is 20.4. The minimum Gasteiger partial charge on any atom is -0.247 e. The topological polar surface area (TPSA) is 12.9 Å². The molecule has 19 rings (SSSR count). The molecule has 5 aliphatic rings. The lowest BCUT2D eigenvalue weighted by molar-refractivity contribution is 0.768. The fraction of sp³-hybridized carbons (Fsp3) is 0.0349. The van der Waals surface area contributed by atoms with Gasteiger partial charge in [0.1, 0.15) is 0 Å². The quantitative estimate of drug-likeness (QED) is 0.162. The predicted molar refractivity (Wildman–Crippen MR) is 356 cm³/mol. The first-order valence-corrected chi connectivity index (χ1v) is 30.5. The summed E-state index contributed by atoms with van der Waals surface area (Å²) in [6.07, 6.45) is 0. The Kier molecular flexibility index (Phi) is 10.0. The molecule has 0 saturated carbocycles. The van der Waals surface area contributed by atoms with Crippen molar-refractivity contribution in [1.29, 1.82) is 0 Å². The molecule has 13 aromatic carbocycles. The summed E-state index contributed by atoms with van der Waals surface area (Å²) in [5.74, 6) is 0. The van der Waals surface area contributed by atoms with Gasteiger partial charge in [0, 0.05) is 16.7 Å². The van der Waals surface area contributed by atoms with Gasteiger partial charge in [-0.2, -0.15) is 0 Å². The standard InChI is InChI=1S/C86H53N/c1-3-23-56(24-4-1)79-53-78-82(83(87-79)57-25-5-2-6-26-57)68-33-13-18-40-73(68)84(78,58-49-45-54(46-50-58)60-34-21-43-76-80(60)66-31-11-19-41-74(66)85(76)69-36-14-7-27-62(69)63-28-8-15-37-70(63)85)59-51-47-55(48-52-59)61-35-22-44-77-81(61)67-32-12-20-42-75(67)86(77)71-38-16-9-29-64(71)65-30-10-17-39-72(65)86/h1-53H. The molecular formula is C86H53N. The molecule has 0 N–H and O–H groups in total. The number of hydrogen-bond donors (Lipinski definition) is 0. The second-order valence-electron chi connectivity index (χ2n) is 24.2. The molecular weight excluding hydrogens is 1050 g/mol. The number of pyridine rings is 1. The van der Waals surface area contributed by atoms with Crippen LogP contribution in [-0.2, 0) is 16.2 Å². The van der Waals surface area contributed by atoms with Crippen LogP contribution in [0.2, 0.25) is 0 Å². The third-order valence-electron chi connectivity index (χ3n) is 20.4. The Hall–Kier alpha value is -11.0. The molecule has 1 heterocycles. The Morgan fingerprint density at radius 2 is 0.483 bits per heavy atom. The molecule has 0 aliphatic heterocycles. The maximum absolute atomic E-state index is 5.66. The number of hydrogen-bond acceptors (Lipinski definition) is 1.